The SMILES string of the molecule is Cc1nnc(CN2C[C@@H](C(F)(F)F)[C@H](C(=O)N(C)C)C2)o1. The lowest BCUT2D eigenvalue weighted by molar-refractivity contribution is -0.185. The number of carbonyl (C=O) groups is 1. The largest absolute Gasteiger partial charge is 0.424 e. The van der Waals surface area contributed by atoms with Crippen molar-refractivity contribution in [2.24, 2.45) is 11.8 Å². The van der Waals surface area contributed by atoms with E-state index >= 15 is 0 Å². The summed E-state index contributed by atoms with van der Waals surface area (Å²) in [6, 6.07) is 0. The summed E-state index contributed by atoms with van der Waals surface area (Å²) < 4.78 is 44.5. The van der Waals surface area contributed by atoms with Crippen molar-refractivity contribution in [1.82, 2.24) is 20.0 Å². The Morgan fingerprint density at radius 1 is 1.38 bits per heavy atom. The molecule has 1 fully saturated rings. The Labute approximate surface area is 119 Å². The van der Waals surface area contributed by atoms with Crippen LogP contribution in [0, 0.1) is 18.8 Å². The predicted octanol–water partition coefficient (Wildman–Crippen LogP) is 1.08. The zero-order valence-corrected chi connectivity index (χ0v) is 12.0. The zero-order chi connectivity index (χ0) is 15.8. The van der Waals surface area contributed by atoms with E-state index in [1.807, 2.05) is 0 Å². The lowest BCUT2D eigenvalue weighted by atomic mass is 9.94. The van der Waals surface area contributed by atoms with Crippen LogP contribution in [0.5, 0.6) is 0 Å². The molecule has 0 radical (unpaired) electrons. The van der Waals surface area contributed by atoms with Crippen LogP contribution in [0.3, 0.4) is 0 Å². The highest BCUT2D eigenvalue weighted by Crippen LogP contribution is 2.38. The molecular formula is C12H17F3N4O2. The van der Waals surface area contributed by atoms with E-state index in [1.165, 1.54) is 23.9 Å². The highest BCUT2D eigenvalue weighted by molar-refractivity contribution is 5.79. The molecule has 2 heterocycles. The summed E-state index contributed by atoms with van der Waals surface area (Å²) in [6.45, 7) is 1.51. The van der Waals surface area contributed by atoms with Gasteiger partial charge in [0.2, 0.25) is 17.7 Å². The first-order chi connectivity index (χ1) is 9.68. The van der Waals surface area contributed by atoms with Crippen LogP contribution in [0.2, 0.25) is 0 Å². The van der Waals surface area contributed by atoms with Crippen molar-refractivity contribution in [3.05, 3.63) is 11.8 Å². The molecule has 0 unspecified atom stereocenters. The van der Waals surface area contributed by atoms with Crippen molar-refractivity contribution in [3.8, 4) is 0 Å². The molecule has 0 aromatic carbocycles. The zero-order valence-electron chi connectivity index (χ0n) is 12.0. The minimum Gasteiger partial charge on any atom is -0.424 e. The van der Waals surface area contributed by atoms with Gasteiger partial charge < -0.3 is 9.32 Å². The quantitative estimate of drug-likeness (QED) is 0.836. The molecule has 2 rings (SSSR count). The van der Waals surface area contributed by atoms with Crippen LogP contribution in [0.1, 0.15) is 11.8 Å². The van der Waals surface area contributed by atoms with Crippen LogP contribution in [0.4, 0.5) is 13.2 Å². The molecule has 1 saturated heterocycles. The minimum atomic E-state index is -4.41. The number of halogens is 3. The fraction of sp³-hybridized carbons (Fsp3) is 0.750. The van der Waals surface area contributed by atoms with Gasteiger partial charge in [-0.25, -0.2) is 0 Å². The molecule has 0 bridgehead atoms. The maximum absolute atomic E-state index is 13.1. The average Bonchev–Trinajstić information content (AvgIpc) is 2.94. The van der Waals surface area contributed by atoms with Crippen LogP contribution in [-0.4, -0.2) is 59.3 Å². The van der Waals surface area contributed by atoms with Crippen molar-refractivity contribution < 1.29 is 22.4 Å². The minimum absolute atomic E-state index is 0.0304. The Balaban J connectivity index is 2.12. The Morgan fingerprint density at radius 2 is 2.05 bits per heavy atom. The van der Waals surface area contributed by atoms with Crippen LogP contribution in [-0.2, 0) is 11.3 Å². The average molecular weight is 306 g/mol. The Kier molecular flexibility index (Phi) is 4.22. The van der Waals surface area contributed by atoms with Crippen molar-refractivity contribution in [1.29, 1.82) is 0 Å². The monoisotopic (exact) mass is 306 g/mol. The van der Waals surface area contributed by atoms with E-state index < -0.39 is 23.9 Å². The molecule has 118 valence electrons. The standard InChI is InChI=1S/C12H17F3N4O2/c1-7-16-17-10(21-7)6-19-4-8(11(20)18(2)3)9(5-19)12(13,14)15/h8-9H,4-6H2,1-3H3/t8-,9-/m1/s1. The van der Waals surface area contributed by atoms with Crippen molar-refractivity contribution in [2.75, 3.05) is 27.2 Å². The van der Waals surface area contributed by atoms with Gasteiger partial charge in [0.05, 0.1) is 18.4 Å². The van der Waals surface area contributed by atoms with E-state index in [1.54, 1.807) is 6.92 Å². The predicted molar refractivity (Wildman–Crippen MR) is 66.0 cm³/mol. The summed E-state index contributed by atoms with van der Waals surface area (Å²) in [7, 11) is 2.92. The van der Waals surface area contributed by atoms with Gasteiger partial charge in [0.25, 0.3) is 0 Å². The summed E-state index contributed by atoms with van der Waals surface area (Å²) in [4.78, 5) is 14.7. The number of rotatable bonds is 3. The summed E-state index contributed by atoms with van der Waals surface area (Å²) in [5.41, 5.74) is 0. The smallest absolute Gasteiger partial charge is 0.393 e. The molecule has 1 aliphatic heterocycles. The summed E-state index contributed by atoms with van der Waals surface area (Å²) in [6.07, 6.45) is -4.41. The second-order valence-corrected chi connectivity index (χ2v) is 5.40. The molecule has 1 aliphatic rings. The van der Waals surface area contributed by atoms with E-state index in [0.717, 1.165) is 0 Å². The van der Waals surface area contributed by atoms with Crippen LogP contribution in [0.15, 0.2) is 4.42 Å². The number of amides is 1. The van der Waals surface area contributed by atoms with Gasteiger partial charge in [-0.1, -0.05) is 0 Å². The summed E-state index contributed by atoms with van der Waals surface area (Å²) in [5, 5.41) is 7.40. The van der Waals surface area contributed by atoms with Gasteiger partial charge in [-0.05, 0) is 0 Å². The number of likely N-dealkylation sites (tertiary alicyclic amines) is 1. The van der Waals surface area contributed by atoms with Gasteiger partial charge in [-0.15, -0.1) is 10.2 Å². The lowest BCUT2D eigenvalue weighted by Crippen LogP contribution is -2.39. The van der Waals surface area contributed by atoms with E-state index in [4.69, 9.17) is 4.42 Å². The fourth-order valence-corrected chi connectivity index (χ4v) is 2.52. The molecule has 21 heavy (non-hydrogen) atoms. The molecular weight excluding hydrogens is 289 g/mol. The third kappa shape index (κ3) is 3.52. The molecule has 1 aromatic rings. The van der Waals surface area contributed by atoms with Crippen LogP contribution >= 0.6 is 0 Å². The van der Waals surface area contributed by atoms with Crippen molar-refractivity contribution in [2.45, 2.75) is 19.6 Å². The maximum atomic E-state index is 13.1. The first kappa shape index (κ1) is 15.7. The van der Waals surface area contributed by atoms with Crippen LogP contribution in [0.25, 0.3) is 0 Å². The second-order valence-electron chi connectivity index (χ2n) is 5.40. The van der Waals surface area contributed by atoms with E-state index in [-0.39, 0.29) is 25.5 Å². The molecule has 1 amide bonds. The summed E-state index contributed by atoms with van der Waals surface area (Å²) >= 11 is 0. The number of alkyl halides is 3. The third-order valence-corrected chi connectivity index (χ3v) is 3.50. The van der Waals surface area contributed by atoms with Crippen molar-refractivity contribution in [3.63, 3.8) is 0 Å². The van der Waals surface area contributed by atoms with Gasteiger partial charge in [0.15, 0.2) is 0 Å². The van der Waals surface area contributed by atoms with Gasteiger partial charge in [0.1, 0.15) is 0 Å². The molecule has 2 atom stereocenters. The molecule has 0 N–H and O–H groups in total. The topological polar surface area (TPSA) is 62.5 Å². The first-order valence-corrected chi connectivity index (χ1v) is 6.47. The second kappa shape index (κ2) is 5.63. The maximum Gasteiger partial charge on any atom is 0.393 e. The lowest BCUT2D eigenvalue weighted by Gasteiger charge is -2.23. The van der Waals surface area contributed by atoms with Gasteiger partial charge in [-0.2, -0.15) is 13.2 Å². The molecule has 0 saturated carbocycles. The number of nitrogens with zero attached hydrogens (tertiary/aromatic N) is 4. The third-order valence-electron chi connectivity index (χ3n) is 3.50. The van der Waals surface area contributed by atoms with E-state index in [2.05, 4.69) is 10.2 Å². The molecule has 1 aromatic heterocycles. The molecule has 6 nitrogen and oxygen atoms in total. The highest BCUT2D eigenvalue weighted by atomic mass is 19.4. The first-order valence-electron chi connectivity index (χ1n) is 6.47. The normalized spacial score (nSPS) is 23.5. The fourth-order valence-electron chi connectivity index (χ4n) is 2.52. The number of hydrogen-bond acceptors (Lipinski definition) is 5. The highest BCUT2D eigenvalue weighted by Gasteiger charge is 2.52. The van der Waals surface area contributed by atoms with E-state index in [0.29, 0.717) is 5.89 Å². The molecule has 0 spiro atoms. The van der Waals surface area contributed by atoms with Gasteiger partial charge >= 0.3 is 6.18 Å². The van der Waals surface area contributed by atoms with E-state index in [9.17, 15) is 18.0 Å². The number of aromatic nitrogens is 2. The van der Waals surface area contributed by atoms with Crippen molar-refractivity contribution >= 4 is 5.91 Å². The molecule has 0 aliphatic carbocycles. The van der Waals surface area contributed by atoms with Gasteiger partial charge in [0, 0.05) is 34.1 Å². The molecule has 9 heteroatoms. The number of aryl methyl sites for hydroxylation is 1. The Morgan fingerprint density at radius 3 is 2.52 bits per heavy atom. The number of carbonyl (C=O) groups excluding carboxylic acids is 1. The van der Waals surface area contributed by atoms with Gasteiger partial charge in [-0.3, -0.25) is 9.69 Å². The number of hydrogen-bond donors (Lipinski definition) is 0. The summed E-state index contributed by atoms with van der Waals surface area (Å²) in [5.74, 6) is -2.66. The Hall–Kier alpha value is -1.64. The van der Waals surface area contributed by atoms with Crippen LogP contribution < -0.4 is 0 Å². The Bertz CT molecular complexity index is 515.